The van der Waals surface area contributed by atoms with Crippen molar-refractivity contribution < 1.29 is 14.3 Å². The molecule has 1 aromatic heterocycles. The maximum absolute atomic E-state index is 12.9. The Hall–Kier alpha value is -2.21. The van der Waals surface area contributed by atoms with E-state index < -0.39 is 5.97 Å². The summed E-state index contributed by atoms with van der Waals surface area (Å²) in [6.45, 7) is 2.47. The van der Waals surface area contributed by atoms with Gasteiger partial charge in [-0.25, -0.2) is 9.78 Å². The number of aryl methyl sites for hydroxylation is 1. The molecule has 2 aromatic rings. The highest BCUT2D eigenvalue weighted by atomic mass is 32.1. The average molecular weight is 330 g/mol. The van der Waals surface area contributed by atoms with Gasteiger partial charge in [-0.15, -0.1) is 11.3 Å². The fraction of sp³-hybridized carbons (Fsp3) is 0.353. The molecule has 0 spiro atoms. The van der Waals surface area contributed by atoms with E-state index in [2.05, 4.69) is 4.98 Å². The zero-order chi connectivity index (χ0) is 16.4. The first-order chi connectivity index (χ1) is 11.1. The van der Waals surface area contributed by atoms with Crippen LogP contribution in [0.15, 0.2) is 29.6 Å². The minimum Gasteiger partial charge on any atom is -0.465 e. The predicted molar refractivity (Wildman–Crippen MR) is 87.5 cm³/mol. The number of methoxy groups -OCH3 is 1. The van der Waals surface area contributed by atoms with Crippen LogP contribution in [-0.4, -0.2) is 34.9 Å². The highest BCUT2D eigenvalue weighted by molar-refractivity contribution is 7.09. The van der Waals surface area contributed by atoms with Crippen LogP contribution >= 0.6 is 11.3 Å². The zero-order valence-corrected chi connectivity index (χ0v) is 13.9. The number of hydrogen-bond donors (Lipinski definition) is 0. The summed E-state index contributed by atoms with van der Waals surface area (Å²) in [5, 5.41) is 2.93. The van der Waals surface area contributed by atoms with Crippen molar-refractivity contribution in [1.29, 1.82) is 0 Å². The van der Waals surface area contributed by atoms with E-state index in [9.17, 15) is 9.59 Å². The quantitative estimate of drug-likeness (QED) is 0.791. The maximum atomic E-state index is 12.9. The van der Waals surface area contributed by atoms with Crippen LogP contribution in [-0.2, 0) is 11.3 Å². The van der Waals surface area contributed by atoms with E-state index in [1.54, 1.807) is 35.6 Å². The van der Waals surface area contributed by atoms with E-state index in [0.717, 1.165) is 23.5 Å². The Morgan fingerprint density at radius 1 is 1.35 bits per heavy atom. The minimum absolute atomic E-state index is 0.0638. The number of carbonyl (C=O) groups excluding carboxylic acids is 2. The molecule has 1 aliphatic rings. The molecular weight excluding hydrogens is 312 g/mol. The summed E-state index contributed by atoms with van der Waals surface area (Å²) < 4.78 is 4.72. The number of aromatic nitrogens is 1. The smallest absolute Gasteiger partial charge is 0.337 e. The Morgan fingerprint density at radius 3 is 2.70 bits per heavy atom. The first kappa shape index (κ1) is 15.7. The Labute approximate surface area is 138 Å². The highest BCUT2D eigenvalue weighted by Gasteiger charge is 2.33. The molecule has 0 saturated heterocycles. The molecule has 23 heavy (non-hydrogen) atoms. The van der Waals surface area contributed by atoms with Crippen molar-refractivity contribution in [3.63, 3.8) is 0 Å². The number of rotatable bonds is 5. The summed E-state index contributed by atoms with van der Waals surface area (Å²) in [6, 6.07) is 6.95. The molecule has 1 aliphatic carbocycles. The lowest BCUT2D eigenvalue weighted by Gasteiger charge is -2.21. The first-order valence-electron chi connectivity index (χ1n) is 7.49. The van der Waals surface area contributed by atoms with Crippen molar-refractivity contribution in [3.8, 4) is 0 Å². The highest BCUT2D eigenvalue weighted by Crippen LogP contribution is 2.30. The van der Waals surface area contributed by atoms with Gasteiger partial charge in [0, 0.05) is 22.7 Å². The van der Waals surface area contributed by atoms with Gasteiger partial charge in [-0.3, -0.25) is 4.79 Å². The molecule has 1 fully saturated rings. The van der Waals surface area contributed by atoms with Crippen LogP contribution in [0, 0.1) is 6.92 Å². The molecular formula is C17H18N2O3S. The Morgan fingerprint density at radius 2 is 2.09 bits per heavy atom. The second kappa shape index (κ2) is 6.50. The molecule has 1 heterocycles. The summed E-state index contributed by atoms with van der Waals surface area (Å²) in [6.07, 6.45) is 2.04. The maximum Gasteiger partial charge on any atom is 0.337 e. The van der Waals surface area contributed by atoms with Crippen LogP contribution in [0.4, 0.5) is 0 Å². The van der Waals surface area contributed by atoms with E-state index in [1.165, 1.54) is 7.11 Å². The van der Waals surface area contributed by atoms with Gasteiger partial charge in [-0.05, 0) is 38.0 Å². The van der Waals surface area contributed by atoms with Gasteiger partial charge < -0.3 is 9.64 Å². The number of amides is 1. The molecule has 0 aliphatic heterocycles. The number of nitrogens with zero attached hydrogens (tertiary/aromatic N) is 2. The second-order valence-corrected chi connectivity index (χ2v) is 6.56. The molecule has 0 bridgehead atoms. The standard InChI is InChI=1S/C17H18N2O3S/c1-11-10-23-15(18-11)9-19(14-6-7-14)16(20)12-4-3-5-13(8-12)17(21)22-2/h3-5,8,10,14H,6-7,9H2,1-2H3. The van der Waals surface area contributed by atoms with E-state index in [0.29, 0.717) is 17.7 Å². The lowest BCUT2D eigenvalue weighted by Crippen LogP contribution is -2.32. The van der Waals surface area contributed by atoms with Crippen LogP contribution in [0.1, 0.15) is 44.3 Å². The van der Waals surface area contributed by atoms with Gasteiger partial charge in [-0.1, -0.05) is 6.07 Å². The third kappa shape index (κ3) is 3.59. The van der Waals surface area contributed by atoms with Crippen LogP contribution in [0.25, 0.3) is 0 Å². The van der Waals surface area contributed by atoms with Crippen molar-refractivity contribution in [1.82, 2.24) is 9.88 Å². The fourth-order valence-corrected chi connectivity index (χ4v) is 3.21. The third-order valence-electron chi connectivity index (χ3n) is 3.75. The summed E-state index contributed by atoms with van der Waals surface area (Å²) in [4.78, 5) is 30.8. The third-order valence-corrected chi connectivity index (χ3v) is 4.70. The van der Waals surface area contributed by atoms with Gasteiger partial charge in [0.25, 0.3) is 5.91 Å². The molecule has 5 nitrogen and oxygen atoms in total. The Bertz CT molecular complexity index is 737. The van der Waals surface area contributed by atoms with E-state index in [1.807, 2.05) is 17.2 Å². The number of benzene rings is 1. The van der Waals surface area contributed by atoms with Crippen LogP contribution < -0.4 is 0 Å². The number of carbonyl (C=O) groups is 2. The molecule has 0 N–H and O–H groups in total. The monoisotopic (exact) mass is 330 g/mol. The van der Waals surface area contributed by atoms with Crippen LogP contribution in [0.5, 0.6) is 0 Å². The minimum atomic E-state index is -0.437. The summed E-state index contributed by atoms with van der Waals surface area (Å²) in [5.74, 6) is -0.501. The van der Waals surface area contributed by atoms with E-state index in [-0.39, 0.29) is 11.9 Å². The normalized spacial score (nSPS) is 13.7. The van der Waals surface area contributed by atoms with Gasteiger partial charge in [0.2, 0.25) is 0 Å². The molecule has 120 valence electrons. The van der Waals surface area contributed by atoms with Crippen molar-refractivity contribution in [2.45, 2.75) is 32.4 Å². The molecule has 1 amide bonds. The molecule has 0 unspecified atom stereocenters. The van der Waals surface area contributed by atoms with Gasteiger partial charge in [0.15, 0.2) is 0 Å². The van der Waals surface area contributed by atoms with Crippen molar-refractivity contribution >= 4 is 23.2 Å². The molecule has 0 atom stereocenters. The number of hydrogen-bond acceptors (Lipinski definition) is 5. The van der Waals surface area contributed by atoms with E-state index in [4.69, 9.17) is 4.74 Å². The van der Waals surface area contributed by atoms with Crippen molar-refractivity contribution in [3.05, 3.63) is 51.5 Å². The van der Waals surface area contributed by atoms with Gasteiger partial charge in [-0.2, -0.15) is 0 Å². The molecule has 1 aromatic carbocycles. The molecule has 3 rings (SSSR count). The summed E-state index contributed by atoms with van der Waals surface area (Å²) >= 11 is 1.57. The number of esters is 1. The van der Waals surface area contributed by atoms with Crippen LogP contribution in [0.2, 0.25) is 0 Å². The van der Waals surface area contributed by atoms with Gasteiger partial charge >= 0.3 is 5.97 Å². The lowest BCUT2D eigenvalue weighted by atomic mass is 10.1. The fourth-order valence-electron chi connectivity index (χ4n) is 2.44. The Kier molecular flexibility index (Phi) is 4.43. The largest absolute Gasteiger partial charge is 0.465 e. The number of ether oxygens (including phenoxy) is 1. The van der Waals surface area contributed by atoms with E-state index >= 15 is 0 Å². The Balaban J connectivity index is 1.82. The van der Waals surface area contributed by atoms with Crippen LogP contribution in [0.3, 0.4) is 0 Å². The zero-order valence-electron chi connectivity index (χ0n) is 13.1. The topological polar surface area (TPSA) is 59.5 Å². The SMILES string of the molecule is COC(=O)c1cccc(C(=O)N(Cc2nc(C)cs2)C2CC2)c1. The molecule has 0 radical (unpaired) electrons. The molecule has 6 heteroatoms. The van der Waals surface area contributed by atoms with Crippen molar-refractivity contribution in [2.24, 2.45) is 0 Å². The first-order valence-corrected chi connectivity index (χ1v) is 8.37. The average Bonchev–Trinajstić information content (AvgIpc) is 3.33. The summed E-state index contributed by atoms with van der Waals surface area (Å²) in [7, 11) is 1.33. The predicted octanol–water partition coefficient (Wildman–Crippen LogP) is 3.04. The lowest BCUT2D eigenvalue weighted by molar-refractivity contribution is 0.0600. The van der Waals surface area contributed by atoms with Gasteiger partial charge in [0.05, 0.1) is 19.2 Å². The van der Waals surface area contributed by atoms with Crippen molar-refractivity contribution in [2.75, 3.05) is 7.11 Å². The summed E-state index contributed by atoms with van der Waals surface area (Å²) in [5.41, 5.74) is 1.87. The van der Waals surface area contributed by atoms with Gasteiger partial charge in [0.1, 0.15) is 5.01 Å². The number of thiazole rings is 1. The molecule has 1 saturated carbocycles. The second-order valence-electron chi connectivity index (χ2n) is 5.62.